The highest BCUT2D eigenvalue weighted by atomic mass is 14.9. The van der Waals surface area contributed by atoms with Gasteiger partial charge in [0.15, 0.2) is 0 Å². The first kappa shape index (κ1) is 9.23. The number of rotatable bonds is 3. The van der Waals surface area contributed by atoms with Crippen molar-refractivity contribution < 1.29 is 0 Å². The van der Waals surface area contributed by atoms with Crippen molar-refractivity contribution in [2.45, 2.75) is 25.4 Å². The van der Waals surface area contributed by atoms with E-state index in [1.807, 2.05) is 6.07 Å². The molecule has 1 aromatic rings. The molecule has 0 radical (unpaired) electrons. The summed E-state index contributed by atoms with van der Waals surface area (Å²) in [5, 5.41) is 12.1. The Morgan fingerprint density at radius 3 is 2.64 bits per heavy atom. The molecule has 0 aliphatic heterocycles. The SMILES string of the molecule is N#CC1CC(NCc2ccccc2)C1. The van der Waals surface area contributed by atoms with Gasteiger partial charge >= 0.3 is 0 Å². The lowest BCUT2D eigenvalue weighted by molar-refractivity contribution is 0.273. The van der Waals surface area contributed by atoms with Crippen molar-refractivity contribution in [2.24, 2.45) is 5.92 Å². The smallest absolute Gasteiger partial charge is 0.0657 e. The molecule has 0 unspecified atom stereocenters. The van der Waals surface area contributed by atoms with Crippen LogP contribution in [0.2, 0.25) is 0 Å². The summed E-state index contributed by atoms with van der Waals surface area (Å²) in [6, 6.07) is 13.2. The maximum absolute atomic E-state index is 8.61. The molecule has 0 aromatic heterocycles. The molecule has 0 spiro atoms. The Hall–Kier alpha value is -1.33. The zero-order chi connectivity index (χ0) is 9.80. The summed E-state index contributed by atoms with van der Waals surface area (Å²) in [5.41, 5.74) is 1.31. The van der Waals surface area contributed by atoms with E-state index in [1.165, 1.54) is 5.56 Å². The second-order valence-corrected chi connectivity index (χ2v) is 3.86. The first-order valence-electron chi connectivity index (χ1n) is 5.05. The molecule has 1 saturated carbocycles. The summed E-state index contributed by atoms with van der Waals surface area (Å²) in [4.78, 5) is 0. The fourth-order valence-electron chi connectivity index (χ4n) is 1.75. The largest absolute Gasteiger partial charge is 0.310 e. The van der Waals surface area contributed by atoms with E-state index >= 15 is 0 Å². The van der Waals surface area contributed by atoms with Gasteiger partial charge in [-0.05, 0) is 18.4 Å². The molecular weight excluding hydrogens is 172 g/mol. The van der Waals surface area contributed by atoms with Crippen LogP contribution in [0.3, 0.4) is 0 Å². The maximum Gasteiger partial charge on any atom is 0.0657 e. The van der Waals surface area contributed by atoms with Crippen LogP contribution in [-0.2, 0) is 6.54 Å². The molecule has 1 aliphatic rings. The van der Waals surface area contributed by atoms with Crippen LogP contribution in [0.5, 0.6) is 0 Å². The normalized spacial score (nSPS) is 25.1. The van der Waals surface area contributed by atoms with Crippen molar-refractivity contribution in [1.82, 2.24) is 5.32 Å². The molecule has 0 amide bonds. The second-order valence-electron chi connectivity index (χ2n) is 3.86. The van der Waals surface area contributed by atoms with Gasteiger partial charge in [-0.2, -0.15) is 5.26 Å². The van der Waals surface area contributed by atoms with Crippen LogP contribution >= 0.6 is 0 Å². The van der Waals surface area contributed by atoms with Crippen LogP contribution in [0, 0.1) is 17.2 Å². The molecule has 1 aliphatic carbocycles. The molecule has 2 heteroatoms. The average molecular weight is 186 g/mol. The van der Waals surface area contributed by atoms with Gasteiger partial charge in [-0.25, -0.2) is 0 Å². The third-order valence-electron chi connectivity index (χ3n) is 2.76. The van der Waals surface area contributed by atoms with E-state index in [4.69, 9.17) is 5.26 Å². The summed E-state index contributed by atoms with van der Waals surface area (Å²) in [6.45, 7) is 0.920. The van der Waals surface area contributed by atoms with Gasteiger partial charge in [-0.3, -0.25) is 0 Å². The zero-order valence-electron chi connectivity index (χ0n) is 8.11. The van der Waals surface area contributed by atoms with Crippen molar-refractivity contribution in [3.63, 3.8) is 0 Å². The van der Waals surface area contributed by atoms with E-state index in [-0.39, 0.29) is 0 Å². The van der Waals surface area contributed by atoms with E-state index in [0.717, 1.165) is 19.4 Å². The van der Waals surface area contributed by atoms with Gasteiger partial charge in [-0.15, -0.1) is 0 Å². The van der Waals surface area contributed by atoms with Crippen molar-refractivity contribution in [3.8, 4) is 6.07 Å². The second kappa shape index (κ2) is 4.26. The highest BCUT2D eigenvalue weighted by Crippen LogP contribution is 2.26. The summed E-state index contributed by atoms with van der Waals surface area (Å²) >= 11 is 0. The van der Waals surface area contributed by atoms with Crippen molar-refractivity contribution in [2.75, 3.05) is 0 Å². The zero-order valence-corrected chi connectivity index (χ0v) is 8.11. The van der Waals surface area contributed by atoms with Gasteiger partial charge in [0, 0.05) is 18.5 Å². The highest BCUT2D eigenvalue weighted by molar-refractivity contribution is 5.14. The van der Waals surface area contributed by atoms with Crippen LogP contribution in [0.15, 0.2) is 30.3 Å². The molecule has 0 bridgehead atoms. The van der Waals surface area contributed by atoms with Gasteiger partial charge in [0.05, 0.1) is 6.07 Å². The monoisotopic (exact) mass is 186 g/mol. The van der Waals surface area contributed by atoms with Gasteiger partial charge in [-0.1, -0.05) is 30.3 Å². The Morgan fingerprint density at radius 1 is 1.29 bits per heavy atom. The Morgan fingerprint density at radius 2 is 2.00 bits per heavy atom. The topological polar surface area (TPSA) is 35.8 Å². The predicted molar refractivity (Wildman–Crippen MR) is 55.4 cm³/mol. The number of hydrogen-bond acceptors (Lipinski definition) is 2. The van der Waals surface area contributed by atoms with E-state index in [1.54, 1.807) is 0 Å². The molecule has 0 saturated heterocycles. The summed E-state index contributed by atoms with van der Waals surface area (Å²) in [5.74, 6) is 0.295. The number of benzene rings is 1. The van der Waals surface area contributed by atoms with Crippen LogP contribution in [0.1, 0.15) is 18.4 Å². The standard InChI is InChI=1S/C12H14N2/c13-8-11-6-12(7-11)14-9-10-4-2-1-3-5-10/h1-5,11-12,14H,6-7,9H2. The molecule has 0 atom stereocenters. The minimum absolute atomic E-state index is 0.295. The Balaban J connectivity index is 1.72. The molecule has 2 rings (SSSR count). The Bertz CT molecular complexity index is 320. The lowest BCUT2D eigenvalue weighted by atomic mass is 9.81. The summed E-state index contributed by atoms with van der Waals surface area (Å²) in [6.07, 6.45) is 2.03. The summed E-state index contributed by atoms with van der Waals surface area (Å²) in [7, 11) is 0. The van der Waals surface area contributed by atoms with E-state index in [2.05, 4.69) is 35.7 Å². The molecule has 1 aromatic carbocycles. The predicted octanol–water partition coefficient (Wildman–Crippen LogP) is 2.08. The van der Waals surface area contributed by atoms with E-state index in [0.29, 0.717) is 12.0 Å². The molecule has 0 heterocycles. The Kier molecular flexibility index (Phi) is 2.81. The average Bonchev–Trinajstić information content (AvgIpc) is 2.17. The number of nitriles is 1. The quantitative estimate of drug-likeness (QED) is 0.784. The van der Waals surface area contributed by atoms with Crippen LogP contribution in [0.4, 0.5) is 0 Å². The molecule has 2 nitrogen and oxygen atoms in total. The van der Waals surface area contributed by atoms with Gasteiger partial charge in [0.2, 0.25) is 0 Å². The highest BCUT2D eigenvalue weighted by Gasteiger charge is 2.27. The van der Waals surface area contributed by atoms with Crippen LogP contribution < -0.4 is 5.32 Å². The van der Waals surface area contributed by atoms with Gasteiger partial charge < -0.3 is 5.32 Å². The third kappa shape index (κ3) is 2.12. The van der Waals surface area contributed by atoms with Crippen molar-refractivity contribution in [1.29, 1.82) is 5.26 Å². The fourth-order valence-corrected chi connectivity index (χ4v) is 1.75. The van der Waals surface area contributed by atoms with Gasteiger partial charge in [0.25, 0.3) is 0 Å². The molecule has 1 N–H and O–H groups in total. The number of nitrogens with zero attached hydrogens (tertiary/aromatic N) is 1. The first-order chi connectivity index (χ1) is 6.88. The lowest BCUT2D eigenvalue weighted by Gasteiger charge is -2.31. The van der Waals surface area contributed by atoms with E-state index < -0.39 is 0 Å². The molecule has 72 valence electrons. The maximum atomic E-state index is 8.61. The molecule has 14 heavy (non-hydrogen) atoms. The third-order valence-corrected chi connectivity index (χ3v) is 2.76. The van der Waals surface area contributed by atoms with E-state index in [9.17, 15) is 0 Å². The Labute approximate surface area is 84.6 Å². The molecular formula is C12H14N2. The number of nitrogens with one attached hydrogen (secondary N) is 1. The number of hydrogen-bond donors (Lipinski definition) is 1. The lowest BCUT2D eigenvalue weighted by Crippen LogP contribution is -2.40. The fraction of sp³-hybridized carbons (Fsp3) is 0.417. The van der Waals surface area contributed by atoms with Crippen LogP contribution in [0.25, 0.3) is 0 Å². The minimum atomic E-state index is 0.295. The van der Waals surface area contributed by atoms with Gasteiger partial charge in [0.1, 0.15) is 0 Å². The molecule has 1 fully saturated rings. The summed E-state index contributed by atoms with van der Waals surface area (Å²) < 4.78 is 0. The minimum Gasteiger partial charge on any atom is -0.310 e. The van der Waals surface area contributed by atoms with Crippen molar-refractivity contribution in [3.05, 3.63) is 35.9 Å². The first-order valence-corrected chi connectivity index (χ1v) is 5.05. The van der Waals surface area contributed by atoms with Crippen molar-refractivity contribution >= 4 is 0 Å². The van der Waals surface area contributed by atoms with Crippen LogP contribution in [-0.4, -0.2) is 6.04 Å².